The molecule has 0 aromatic heterocycles. The summed E-state index contributed by atoms with van der Waals surface area (Å²) in [4.78, 5) is 12.6. The van der Waals surface area contributed by atoms with Crippen LogP contribution in [-0.2, 0) is 24.8 Å². The first-order chi connectivity index (χ1) is 14.2. The fourth-order valence-corrected chi connectivity index (χ4v) is 6.16. The fraction of sp³-hybridized carbons (Fsp3) is 0.632. The highest BCUT2D eigenvalue weighted by molar-refractivity contribution is 7.89. The highest BCUT2D eigenvalue weighted by Crippen LogP contribution is 2.23. The monoisotopic (exact) mass is 459 g/mol. The molecule has 0 radical (unpaired) electrons. The summed E-state index contributed by atoms with van der Waals surface area (Å²) in [5, 5.41) is 2.78. The van der Waals surface area contributed by atoms with Crippen LogP contribution in [0.2, 0.25) is 0 Å². The van der Waals surface area contributed by atoms with Crippen molar-refractivity contribution in [1.29, 1.82) is 0 Å². The predicted octanol–water partition coefficient (Wildman–Crippen LogP) is 0.638. The van der Waals surface area contributed by atoms with Gasteiger partial charge in [0.15, 0.2) is 0 Å². The number of amides is 1. The van der Waals surface area contributed by atoms with Crippen molar-refractivity contribution in [3.63, 3.8) is 0 Å². The highest BCUT2D eigenvalue weighted by atomic mass is 32.2. The first kappa shape index (κ1) is 23.0. The number of sulfonamides is 2. The molecule has 11 heteroatoms. The van der Waals surface area contributed by atoms with Gasteiger partial charge in [0.05, 0.1) is 23.6 Å². The summed E-state index contributed by atoms with van der Waals surface area (Å²) in [5.74, 6) is -0.0203. The van der Waals surface area contributed by atoms with E-state index in [0.717, 1.165) is 19.1 Å². The Morgan fingerprint density at radius 1 is 1.03 bits per heavy atom. The molecule has 1 atom stereocenters. The fourth-order valence-electron chi connectivity index (χ4n) is 3.73. The van der Waals surface area contributed by atoms with Gasteiger partial charge in [-0.15, -0.1) is 0 Å². The topological polar surface area (TPSA) is 113 Å². The molecule has 30 heavy (non-hydrogen) atoms. The van der Waals surface area contributed by atoms with Crippen molar-refractivity contribution in [2.75, 3.05) is 45.6 Å². The van der Waals surface area contributed by atoms with Crippen LogP contribution < -0.4 is 10.1 Å². The van der Waals surface area contributed by atoms with Crippen LogP contribution in [0.5, 0.6) is 5.75 Å². The van der Waals surface area contributed by atoms with Crippen LogP contribution in [0.3, 0.4) is 0 Å². The number of nitrogens with one attached hydrogen (secondary N) is 1. The van der Waals surface area contributed by atoms with Crippen LogP contribution in [0.4, 0.5) is 0 Å². The third-order valence-electron chi connectivity index (χ3n) is 5.42. The molecule has 0 saturated carbocycles. The van der Waals surface area contributed by atoms with Crippen LogP contribution in [0, 0.1) is 5.92 Å². The average Bonchev–Trinajstić information content (AvgIpc) is 3.27. The van der Waals surface area contributed by atoms with E-state index in [2.05, 4.69) is 5.32 Å². The molecule has 2 aliphatic rings. The van der Waals surface area contributed by atoms with Gasteiger partial charge in [-0.1, -0.05) is 0 Å². The van der Waals surface area contributed by atoms with E-state index in [4.69, 9.17) is 4.74 Å². The molecule has 168 valence electrons. The van der Waals surface area contributed by atoms with E-state index < -0.39 is 20.0 Å². The second-order valence-electron chi connectivity index (χ2n) is 7.68. The quantitative estimate of drug-likeness (QED) is 0.571. The Kier molecular flexibility index (Phi) is 7.38. The molecule has 2 aliphatic heterocycles. The van der Waals surface area contributed by atoms with Crippen molar-refractivity contribution in [3.8, 4) is 5.75 Å². The van der Waals surface area contributed by atoms with E-state index in [1.54, 1.807) is 12.1 Å². The van der Waals surface area contributed by atoms with Crippen LogP contribution >= 0.6 is 0 Å². The lowest BCUT2D eigenvalue weighted by atomic mass is 9.99. The minimum absolute atomic E-state index is 0.181. The minimum atomic E-state index is -3.45. The third kappa shape index (κ3) is 5.71. The molecular formula is C19H29N3O6S2. The first-order valence-corrected chi connectivity index (χ1v) is 13.4. The van der Waals surface area contributed by atoms with E-state index in [-0.39, 0.29) is 36.4 Å². The molecular weight excluding hydrogens is 430 g/mol. The lowest BCUT2D eigenvalue weighted by Crippen LogP contribution is -2.45. The average molecular weight is 460 g/mol. The summed E-state index contributed by atoms with van der Waals surface area (Å²) in [6.45, 7) is 2.29. The number of hydrogen-bond acceptors (Lipinski definition) is 6. The number of hydrogen-bond donors (Lipinski definition) is 1. The maximum atomic E-state index is 12.5. The Morgan fingerprint density at radius 2 is 1.67 bits per heavy atom. The van der Waals surface area contributed by atoms with Crippen LogP contribution in [0.25, 0.3) is 0 Å². The van der Waals surface area contributed by atoms with Gasteiger partial charge in [0, 0.05) is 26.2 Å². The second-order valence-corrected chi connectivity index (χ2v) is 11.6. The van der Waals surface area contributed by atoms with Gasteiger partial charge >= 0.3 is 0 Å². The van der Waals surface area contributed by atoms with Crippen LogP contribution in [0.15, 0.2) is 29.2 Å². The van der Waals surface area contributed by atoms with Gasteiger partial charge in [0.25, 0.3) is 0 Å². The Balaban J connectivity index is 1.44. The molecule has 2 fully saturated rings. The van der Waals surface area contributed by atoms with Gasteiger partial charge in [-0.2, -0.15) is 4.31 Å². The third-order valence-corrected chi connectivity index (χ3v) is 8.60. The molecule has 0 spiro atoms. The van der Waals surface area contributed by atoms with Crippen LogP contribution in [-0.4, -0.2) is 76.9 Å². The van der Waals surface area contributed by atoms with Gasteiger partial charge in [0.2, 0.25) is 26.0 Å². The maximum Gasteiger partial charge on any atom is 0.243 e. The Hall–Kier alpha value is -1.69. The van der Waals surface area contributed by atoms with E-state index in [1.807, 2.05) is 0 Å². The zero-order chi connectivity index (χ0) is 21.8. The SMILES string of the molecule is CS(=O)(=O)N1CCCC(C(=O)NCCOc2ccc(S(=O)(=O)N3CCCC3)cc2)C1. The summed E-state index contributed by atoms with van der Waals surface area (Å²) < 4.78 is 56.8. The Labute approximate surface area is 178 Å². The smallest absolute Gasteiger partial charge is 0.243 e. The normalized spacial score (nSPS) is 21.4. The molecule has 1 N–H and O–H groups in total. The van der Waals surface area contributed by atoms with Crippen molar-refractivity contribution in [1.82, 2.24) is 13.9 Å². The molecule has 9 nitrogen and oxygen atoms in total. The standard InChI is InChI=1S/C19H29N3O6S2/c1-29(24,25)22-13-4-5-16(15-22)19(23)20-10-14-28-17-6-8-18(9-7-17)30(26,27)21-11-2-3-12-21/h6-9,16H,2-5,10-15H2,1H3,(H,20,23). The summed E-state index contributed by atoms with van der Waals surface area (Å²) in [6, 6.07) is 6.28. The zero-order valence-corrected chi connectivity index (χ0v) is 18.8. The second kappa shape index (κ2) is 9.63. The summed E-state index contributed by atoms with van der Waals surface area (Å²) in [5.41, 5.74) is 0. The number of ether oxygens (including phenoxy) is 1. The first-order valence-electron chi connectivity index (χ1n) is 10.1. The molecule has 0 aliphatic carbocycles. The maximum absolute atomic E-state index is 12.5. The van der Waals surface area contributed by atoms with E-state index >= 15 is 0 Å². The molecule has 3 rings (SSSR count). The number of rotatable bonds is 8. The summed E-state index contributed by atoms with van der Waals surface area (Å²) in [7, 11) is -6.74. The highest BCUT2D eigenvalue weighted by Gasteiger charge is 2.30. The Bertz CT molecular complexity index is 941. The van der Waals surface area contributed by atoms with E-state index in [1.165, 1.54) is 20.7 Å². The molecule has 1 amide bonds. The lowest BCUT2D eigenvalue weighted by Gasteiger charge is -2.30. The number of carbonyl (C=O) groups is 1. The summed E-state index contributed by atoms with van der Waals surface area (Å²) in [6.07, 6.45) is 4.25. The van der Waals surface area contributed by atoms with Gasteiger partial charge < -0.3 is 10.1 Å². The number of nitrogens with zero attached hydrogens (tertiary/aromatic N) is 2. The molecule has 0 bridgehead atoms. The van der Waals surface area contributed by atoms with Crippen molar-refractivity contribution in [2.45, 2.75) is 30.6 Å². The Morgan fingerprint density at radius 3 is 2.30 bits per heavy atom. The molecule has 2 saturated heterocycles. The van der Waals surface area contributed by atoms with Crippen LogP contribution in [0.1, 0.15) is 25.7 Å². The summed E-state index contributed by atoms with van der Waals surface area (Å²) >= 11 is 0. The van der Waals surface area contributed by atoms with Crippen molar-refractivity contribution >= 4 is 26.0 Å². The largest absolute Gasteiger partial charge is 0.492 e. The number of carbonyl (C=O) groups excluding carboxylic acids is 1. The van der Waals surface area contributed by atoms with Crippen molar-refractivity contribution < 1.29 is 26.4 Å². The molecule has 2 heterocycles. The predicted molar refractivity (Wildman–Crippen MR) is 112 cm³/mol. The lowest BCUT2D eigenvalue weighted by molar-refractivity contribution is -0.126. The van der Waals surface area contributed by atoms with Crippen molar-refractivity contribution in [3.05, 3.63) is 24.3 Å². The van der Waals surface area contributed by atoms with Gasteiger partial charge in [0.1, 0.15) is 12.4 Å². The molecule has 1 unspecified atom stereocenters. The number of piperidine rings is 1. The molecule has 1 aromatic carbocycles. The van der Waals surface area contributed by atoms with Gasteiger partial charge in [-0.3, -0.25) is 4.79 Å². The van der Waals surface area contributed by atoms with Crippen molar-refractivity contribution in [2.24, 2.45) is 5.92 Å². The van der Waals surface area contributed by atoms with Gasteiger partial charge in [-0.05, 0) is 49.9 Å². The minimum Gasteiger partial charge on any atom is -0.492 e. The van der Waals surface area contributed by atoms with E-state index in [9.17, 15) is 21.6 Å². The van der Waals surface area contributed by atoms with E-state index in [0.29, 0.717) is 38.2 Å². The number of benzene rings is 1. The van der Waals surface area contributed by atoms with Gasteiger partial charge in [-0.25, -0.2) is 21.1 Å². The zero-order valence-electron chi connectivity index (χ0n) is 17.1. The molecule has 1 aromatic rings.